The third-order valence-corrected chi connectivity index (χ3v) is 5.16. The molecule has 0 bridgehead atoms. The highest BCUT2D eigenvalue weighted by Crippen LogP contribution is 2.23. The van der Waals surface area contributed by atoms with Crippen LogP contribution in [-0.4, -0.2) is 45.5 Å². The number of rotatable bonds is 9. The Morgan fingerprint density at radius 3 is 2.66 bits per heavy atom. The molecule has 0 aliphatic rings. The molecule has 3 heterocycles. The van der Waals surface area contributed by atoms with Crippen LogP contribution in [0.25, 0.3) is 22.2 Å². The van der Waals surface area contributed by atoms with E-state index >= 15 is 0 Å². The molecule has 4 aromatic rings. The second-order valence-corrected chi connectivity index (χ2v) is 7.51. The maximum Gasteiger partial charge on any atom is 0.257 e. The van der Waals surface area contributed by atoms with Gasteiger partial charge in [0.2, 0.25) is 17.6 Å². The highest BCUT2D eigenvalue weighted by molar-refractivity contribution is 7.13. The van der Waals surface area contributed by atoms with Crippen LogP contribution in [0.3, 0.4) is 0 Å². The number of hydrogen-bond acceptors (Lipinski definition) is 9. The van der Waals surface area contributed by atoms with Crippen molar-refractivity contribution in [2.45, 2.75) is 20.0 Å². The average molecular weight is 411 g/mol. The number of benzene rings is 1. The molecule has 0 saturated heterocycles. The van der Waals surface area contributed by atoms with E-state index in [0.717, 1.165) is 10.4 Å². The molecule has 3 aromatic heterocycles. The Morgan fingerprint density at radius 1 is 1.07 bits per heavy atom. The molecular weight excluding hydrogens is 390 g/mol. The maximum absolute atomic E-state index is 5.80. The van der Waals surface area contributed by atoms with Crippen LogP contribution in [0.15, 0.2) is 50.7 Å². The van der Waals surface area contributed by atoms with Crippen LogP contribution in [-0.2, 0) is 17.8 Å². The van der Waals surface area contributed by atoms with Gasteiger partial charge in [0.15, 0.2) is 0 Å². The van der Waals surface area contributed by atoms with Crippen molar-refractivity contribution in [3.05, 3.63) is 59.1 Å². The van der Waals surface area contributed by atoms with Crippen molar-refractivity contribution in [3.63, 3.8) is 0 Å². The summed E-state index contributed by atoms with van der Waals surface area (Å²) < 4.78 is 16.5. The monoisotopic (exact) mass is 411 g/mol. The Bertz CT molecular complexity index is 1030. The molecule has 0 fully saturated rings. The Hall–Kier alpha value is -2.88. The van der Waals surface area contributed by atoms with Gasteiger partial charge < -0.3 is 13.7 Å². The molecule has 0 amide bonds. The van der Waals surface area contributed by atoms with Gasteiger partial charge >= 0.3 is 0 Å². The fourth-order valence-corrected chi connectivity index (χ4v) is 3.42. The lowest BCUT2D eigenvalue weighted by atomic mass is 10.1. The van der Waals surface area contributed by atoms with Crippen molar-refractivity contribution in [1.82, 2.24) is 25.2 Å². The molecule has 0 N–H and O–H groups in total. The molecule has 9 heteroatoms. The summed E-state index contributed by atoms with van der Waals surface area (Å²) in [6.07, 6.45) is 0. The topological polar surface area (TPSA) is 90.3 Å². The third-order valence-electron chi connectivity index (χ3n) is 4.31. The first-order chi connectivity index (χ1) is 14.2. The van der Waals surface area contributed by atoms with Gasteiger partial charge in [0, 0.05) is 19.2 Å². The molecule has 4 rings (SSSR count). The van der Waals surface area contributed by atoms with E-state index in [4.69, 9.17) is 13.7 Å². The zero-order valence-electron chi connectivity index (χ0n) is 16.2. The summed E-state index contributed by atoms with van der Waals surface area (Å²) in [4.78, 5) is 7.54. The van der Waals surface area contributed by atoms with Crippen molar-refractivity contribution in [2.75, 3.05) is 20.3 Å². The summed E-state index contributed by atoms with van der Waals surface area (Å²) in [5, 5.41) is 14.4. The van der Waals surface area contributed by atoms with Crippen molar-refractivity contribution >= 4 is 11.3 Å². The molecule has 0 aliphatic carbocycles. The molecule has 0 aliphatic heterocycles. The molecular formula is C20H21N5O3S. The van der Waals surface area contributed by atoms with Gasteiger partial charge in [-0.3, -0.25) is 4.90 Å². The smallest absolute Gasteiger partial charge is 0.257 e. The summed E-state index contributed by atoms with van der Waals surface area (Å²) in [6, 6.07) is 11.9. The van der Waals surface area contributed by atoms with Crippen LogP contribution < -0.4 is 0 Å². The fourth-order valence-electron chi connectivity index (χ4n) is 2.77. The molecule has 0 saturated carbocycles. The average Bonchev–Trinajstić information content (AvgIpc) is 3.48. The van der Waals surface area contributed by atoms with E-state index in [-0.39, 0.29) is 0 Å². The largest absolute Gasteiger partial charge is 0.419 e. The Balaban J connectivity index is 1.45. The highest BCUT2D eigenvalue weighted by atomic mass is 32.1. The number of aromatic nitrogens is 4. The van der Waals surface area contributed by atoms with Crippen LogP contribution in [0.5, 0.6) is 0 Å². The number of nitrogens with zero attached hydrogens (tertiary/aromatic N) is 5. The quantitative estimate of drug-likeness (QED) is 0.411. The molecule has 1 aromatic carbocycles. The molecule has 0 radical (unpaired) electrons. The number of ether oxygens (including phenoxy) is 1. The number of aryl methyl sites for hydroxylation is 1. The number of hydrogen-bond donors (Lipinski definition) is 0. The number of thiophene rings is 1. The van der Waals surface area contributed by atoms with Gasteiger partial charge in [-0.1, -0.05) is 41.1 Å². The predicted octanol–water partition coefficient (Wildman–Crippen LogP) is 3.81. The Kier molecular flexibility index (Phi) is 6.09. The molecule has 0 spiro atoms. The summed E-state index contributed by atoms with van der Waals surface area (Å²) in [6.45, 7) is 4.18. The van der Waals surface area contributed by atoms with Crippen molar-refractivity contribution < 1.29 is 13.7 Å². The first kappa shape index (κ1) is 19.4. The second kappa shape index (κ2) is 9.08. The van der Waals surface area contributed by atoms with Gasteiger partial charge in [0.1, 0.15) is 0 Å². The lowest BCUT2D eigenvalue weighted by Gasteiger charge is -2.17. The third kappa shape index (κ3) is 4.94. The predicted molar refractivity (Wildman–Crippen MR) is 108 cm³/mol. The maximum atomic E-state index is 5.80. The van der Waals surface area contributed by atoms with Crippen molar-refractivity contribution in [3.8, 4) is 22.2 Å². The van der Waals surface area contributed by atoms with Crippen LogP contribution in [0, 0.1) is 6.92 Å². The minimum absolute atomic E-state index is 0.457. The van der Waals surface area contributed by atoms with Gasteiger partial charge in [-0.25, -0.2) is 0 Å². The Morgan fingerprint density at radius 2 is 1.90 bits per heavy atom. The van der Waals surface area contributed by atoms with E-state index in [1.807, 2.05) is 48.7 Å². The van der Waals surface area contributed by atoms with E-state index in [1.54, 1.807) is 18.4 Å². The van der Waals surface area contributed by atoms with E-state index in [2.05, 4.69) is 25.2 Å². The summed E-state index contributed by atoms with van der Waals surface area (Å²) in [7, 11) is 1.67. The molecule has 29 heavy (non-hydrogen) atoms. The van der Waals surface area contributed by atoms with Gasteiger partial charge in [-0.15, -0.1) is 21.5 Å². The van der Waals surface area contributed by atoms with Gasteiger partial charge in [0.25, 0.3) is 5.89 Å². The van der Waals surface area contributed by atoms with E-state index < -0.39 is 0 Å². The van der Waals surface area contributed by atoms with Crippen molar-refractivity contribution in [2.24, 2.45) is 0 Å². The molecule has 0 atom stereocenters. The Labute approximate surface area is 172 Å². The van der Waals surface area contributed by atoms with Crippen LogP contribution in [0.4, 0.5) is 0 Å². The highest BCUT2D eigenvalue weighted by Gasteiger charge is 2.17. The lowest BCUT2D eigenvalue weighted by molar-refractivity contribution is 0.125. The minimum Gasteiger partial charge on any atom is -0.419 e. The SMILES string of the molecule is COCCN(Cc1nc(-c2ccc(C)cc2)no1)Cc1nnc(-c2cccs2)o1. The van der Waals surface area contributed by atoms with Crippen molar-refractivity contribution in [1.29, 1.82) is 0 Å². The first-order valence-corrected chi connectivity index (χ1v) is 10.1. The fraction of sp³-hybridized carbons (Fsp3) is 0.300. The second-order valence-electron chi connectivity index (χ2n) is 6.56. The standard InChI is InChI=1S/C20H21N5O3S/c1-14-5-7-15(8-6-14)19-21-17(28-24-19)12-25(9-10-26-2)13-18-22-23-20(27-18)16-4-3-11-29-16/h3-8,11H,9-10,12-13H2,1-2H3. The van der Waals surface area contributed by atoms with E-state index in [1.165, 1.54) is 5.56 Å². The number of methoxy groups -OCH3 is 1. The van der Waals surface area contributed by atoms with E-state index in [0.29, 0.717) is 49.7 Å². The minimum atomic E-state index is 0.457. The summed E-state index contributed by atoms with van der Waals surface area (Å²) in [5.74, 6) is 2.16. The van der Waals surface area contributed by atoms with Crippen LogP contribution in [0.2, 0.25) is 0 Å². The molecule has 150 valence electrons. The van der Waals surface area contributed by atoms with Gasteiger partial charge in [0.05, 0.1) is 24.6 Å². The molecule has 8 nitrogen and oxygen atoms in total. The molecule has 0 unspecified atom stereocenters. The van der Waals surface area contributed by atoms with Gasteiger partial charge in [-0.2, -0.15) is 4.98 Å². The van der Waals surface area contributed by atoms with Gasteiger partial charge in [-0.05, 0) is 18.4 Å². The zero-order chi connectivity index (χ0) is 20.1. The zero-order valence-corrected chi connectivity index (χ0v) is 17.1. The van der Waals surface area contributed by atoms with Crippen LogP contribution in [0.1, 0.15) is 17.3 Å². The lowest BCUT2D eigenvalue weighted by Crippen LogP contribution is -2.27. The van der Waals surface area contributed by atoms with Crippen LogP contribution >= 0.6 is 11.3 Å². The normalized spacial score (nSPS) is 11.4. The summed E-state index contributed by atoms with van der Waals surface area (Å²) >= 11 is 1.56. The summed E-state index contributed by atoms with van der Waals surface area (Å²) in [5.41, 5.74) is 2.11. The first-order valence-electron chi connectivity index (χ1n) is 9.18. The van der Waals surface area contributed by atoms with E-state index in [9.17, 15) is 0 Å².